The molecule has 0 aliphatic carbocycles. The normalized spacial score (nSPS) is 12.5. The highest BCUT2D eigenvalue weighted by Crippen LogP contribution is 2.32. The van der Waals surface area contributed by atoms with Crippen LogP contribution in [0.5, 0.6) is 5.75 Å². The molecule has 0 amide bonds. The van der Waals surface area contributed by atoms with Crippen LogP contribution in [0.25, 0.3) is 10.9 Å². The average Bonchev–Trinajstić information content (AvgIpc) is 2.70. The summed E-state index contributed by atoms with van der Waals surface area (Å²) in [4.78, 5) is 29.1. The SMILES string of the molecule is CC(C)(C)COc1c(C=Nn2c(C(C)(C)C)nc3ccc(Br)cc3c2=O)cccc1[N+](=O)[O-]. The number of rotatable bonds is 5. The van der Waals surface area contributed by atoms with Gasteiger partial charge in [-0.05, 0) is 29.7 Å². The van der Waals surface area contributed by atoms with Gasteiger partial charge < -0.3 is 4.74 Å². The molecule has 2 aromatic carbocycles. The van der Waals surface area contributed by atoms with Gasteiger partial charge in [0.25, 0.3) is 5.56 Å². The molecule has 0 N–H and O–H groups in total. The Morgan fingerprint density at radius 2 is 1.88 bits per heavy atom. The van der Waals surface area contributed by atoms with Crippen LogP contribution in [-0.4, -0.2) is 27.4 Å². The molecule has 0 saturated carbocycles. The number of halogens is 1. The first-order valence-electron chi connectivity index (χ1n) is 10.5. The number of ether oxygens (including phenoxy) is 1. The first kappa shape index (κ1) is 24.6. The van der Waals surface area contributed by atoms with Crippen molar-refractivity contribution in [1.82, 2.24) is 9.66 Å². The molecule has 0 spiro atoms. The largest absolute Gasteiger partial charge is 0.486 e. The van der Waals surface area contributed by atoms with E-state index < -0.39 is 10.3 Å². The van der Waals surface area contributed by atoms with Crippen molar-refractivity contribution in [3.8, 4) is 5.75 Å². The fourth-order valence-electron chi connectivity index (χ4n) is 3.09. The molecule has 8 nitrogen and oxygen atoms in total. The molecule has 3 aromatic rings. The molecule has 9 heteroatoms. The molecule has 174 valence electrons. The van der Waals surface area contributed by atoms with E-state index in [0.29, 0.717) is 22.3 Å². The zero-order valence-electron chi connectivity index (χ0n) is 19.5. The van der Waals surface area contributed by atoms with Crippen LogP contribution < -0.4 is 10.3 Å². The minimum Gasteiger partial charge on any atom is -0.486 e. The van der Waals surface area contributed by atoms with Crippen molar-refractivity contribution in [1.29, 1.82) is 0 Å². The van der Waals surface area contributed by atoms with E-state index in [1.165, 1.54) is 17.0 Å². The highest BCUT2D eigenvalue weighted by atomic mass is 79.9. The van der Waals surface area contributed by atoms with Gasteiger partial charge in [0.15, 0.2) is 0 Å². The summed E-state index contributed by atoms with van der Waals surface area (Å²) in [5, 5.41) is 16.4. The summed E-state index contributed by atoms with van der Waals surface area (Å²) in [6.45, 7) is 12.0. The van der Waals surface area contributed by atoms with Crippen molar-refractivity contribution in [3.05, 3.63) is 72.7 Å². The molecule has 0 aliphatic rings. The van der Waals surface area contributed by atoms with E-state index in [9.17, 15) is 14.9 Å². The van der Waals surface area contributed by atoms with Crippen LogP contribution in [0.1, 0.15) is 52.9 Å². The second kappa shape index (κ2) is 9.05. The van der Waals surface area contributed by atoms with Crippen LogP contribution in [0, 0.1) is 15.5 Å². The predicted molar refractivity (Wildman–Crippen MR) is 133 cm³/mol. The third kappa shape index (κ3) is 5.65. The lowest BCUT2D eigenvalue weighted by atomic mass is 9.95. The maximum Gasteiger partial charge on any atom is 0.311 e. The van der Waals surface area contributed by atoms with Crippen molar-refractivity contribution in [3.63, 3.8) is 0 Å². The zero-order valence-corrected chi connectivity index (χ0v) is 21.1. The molecular formula is C24H27BrN4O4. The van der Waals surface area contributed by atoms with Gasteiger partial charge in [-0.25, -0.2) is 4.98 Å². The Hall–Kier alpha value is -3.07. The number of hydrogen-bond acceptors (Lipinski definition) is 6. The predicted octanol–water partition coefficient (Wildman–Crippen LogP) is 5.67. The second-order valence-corrected chi connectivity index (χ2v) is 10.9. The number of nitro benzene ring substituents is 1. The number of hydrogen-bond donors (Lipinski definition) is 0. The molecule has 33 heavy (non-hydrogen) atoms. The third-order valence-electron chi connectivity index (χ3n) is 4.66. The number of para-hydroxylation sites is 1. The summed E-state index contributed by atoms with van der Waals surface area (Å²) < 4.78 is 7.86. The quantitative estimate of drug-likeness (QED) is 0.248. The van der Waals surface area contributed by atoms with E-state index in [4.69, 9.17) is 4.74 Å². The van der Waals surface area contributed by atoms with Gasteiger partial charge in [-0.3, -0.25) is 14.9 Å². The Labute approximate surface area is 200 Å². The Morgan fingerprint density at radius 1 is 1.18 bits per heavy atom. The van der Waals surface area contributed by atoms with E-state index in [-0.39, 0.29) is 29.0 Å². The summed E-state index contributed by atoms with van der Waals surface area (Å²) in [5.41, 5.74) is -0.202. The Kier molecular flexibility index (Phi) is 6.74. The molecule has 0 radical (unpaired) electrons. The molecule has 1 heterocycles. The van der Waals surface area contributed by atoms with Gasteiger partial charge in [-0.15, -0.1) is 0 Å². The minimum atomic E-state index is -0.489. The summed E-state index contributed by atoms with van der Waals surface area (Å²) in [6, 6.07) is 9.93. The van der Waals surface area contributed by atoms with Crippen LogP contribution in [0.3, 0.4) is 0 Å². The van der Waals surface area contributed by atoms with E-state index in [2.05, 4.69) is 26.0 Å². The summed E-state index contributed by atoms with van der Waals surface area (Å²) >= 11 is 3.39. The lowest BCUT2D eigenvalue weighted by Gasteiger charge is -2.21. The molecule has 0 saturated heterocycles. The van der Waals surface area contributed by atoms with Gasteiger partial charge in [0.05, 0.1) is 28.6 Å². The molecule has 0 aliphatic heterocycles. The Morgan fingerprint density at radius 3 is 2.48 bits per heavy atom. The maximum absolute atomic E-state index is 13.3. The number of nitrogens with zero attached hydrogens (tertiary/aromatic N) is 4. The first-order chi connectivity index (χ1) is 15.3. The van der Waals surface area contributed by atoms with E-state index in [0.717, 1.165) is 4.47 Å². The van der Waals surface area contributed by atoms with Crippen LogP contribution in [0.15, 0.2) is 50.8 Å². The van der Waals surface area contributed by atoms with E-state index in [1.54, 1.807) is 24.3 Å². The third-order valence-corrected chi connectivity index (χ3v) is 5.16. The molecule has 0 atom stereocenters. The van der Waals surface area contributed by atoms with Gasteiger partial charge >= 0.3 is 5.69 Å². The first-order valence-corrected chi connectivity index (χ1v) is 11.2. The molecule has 1 aromatic heterocycles. The van der Waals surface area contributed by atoms with Crippen LogP contribution >= 0.6 is 15.9 Å². The van der Waals surface area contributed by atoms with Crippen molar-refractivity contribution in [2.45, 2.75) is 47.0 Å². The second-order valence-electron chi connectivity index (χ2n) is 10.0. The standard InChI is InChI=1S/C24H27BrN4O4/c1-23(2,3)14-33-20-15(8-7-9-19(20)29(31)32)13-26-28-21(30)17-12-16(25)10-11-18(17)27-22(28)24(4,5)6/h7-13H,14H2,1-6H3. The van der Waals surface area contributed by atoms with Gasteiger partial charge in [0.1, 0.15) is 5.82 Å². The lowest BCUT2D eigenvalue weighted by molar-refractivity contribution is -0.386. The Balaban J connectivity index is 2.20. The van der Waals surface area contributed by atoms with Crippen LogP contribution in [0.2, 0.25) is 0 Å². The zero-order chi connectivity index (χ0) is 24.6. The fourth-order valence-corrected chi connectivity index (χ4v) is 3.46. The number of nitro groups is 1. The van der Waals surface area contributed by atoms with E-state index in [1.807, 2.05) is 47.6 Å². The molecule has 0 bridgehead atoms. The van der Waals surface area contributed by atoms with Crippen molar-refractivity contribution in [2.75, 3.05) is 6.61 Å². The maximum atomic E-state index is 13.3. The number of aromatic nitrogens is 2. The smallest absolute Gasteiger partial charge is 0.311 e. The van der Waals surface area contributed by atoms with E-state index >= 15 is 0 Å². The van der Waals surface area contributed by atoms with Gasteiger partial charge in [-0.1, -0.05) is 63.5 Å². The summed E-state index contributed by atoms with van der Waals surface area (Å²) in [5.74, 6) is 0.587. The van der Waals surface area contributed by atoms with Crippen molar-refractivity contribution in [2.24, 2.45) is 10.5 Å². The highest BCUT2D eigenvalue weighted by Gasteiger charge is 2.24. The number of benzene rings is 2. The molecule has 3 rings (SSSR count). The summed E-state index contributed by atoms with van der Waals surface area (Å²) in [6.07, 6.45) is 1.41. The highest BCUT2D eigenvalue weighted by molar-refractivity contribution is 9.10. The summed E-state index contributed by atoms with van der Waals surface area (Å²) in [7, 11) is 0. The monoisotopic (exact) mass is 514 g/mol. The van der Waals surface area contributed by atoms with Crippen LogP contribution in [0.4, 0.5) is 5.69 Å². The molecular weight excluding hydrogens is 488 g/mol. The number of fused-ring (bicyclic) bond motifs is 1. The van der Waals surface area contributed by atoms with Crippen molar-refractivity contribution < 1.29 is 9.66 Å². The van der Waals surface area contributed by atoms with Gasteiger partial charge in [-0.2, -0.15) is 9.78 Å². The Bertz CT molecular complexity index is 1300. The topological polar surface area (TPSA) is 99.6 Å². The molecule has 0 fully saturated rings. The average molecular weight is 515 g/mol. The van der Waals surface area contributed by atoms with Crippen molar-refractivity contribution >= 4 is 38.7 Å². The lowest BCUT2D eigenvalue weighted by Crippen LogP contribution is -2.29. The van der Waals surface area contributed by atoms with Crippen LogP contribution in [-0.2, 0) is 5.41 Å². The van der Waals surface area contributed by atoms with Gasteiger partial charge in [0.2, 0.25) is 5.75 Å². The fraction of sp³-hybridized carbons (Fsp3) is 0.375. The van der Waals surface area contributed by atoms with Gasteiger partial charge in [0, 0.05) is 21.5 Å². The molecule has 0 unspecified atom stereocenters. The minimum absolute atomic E-state index is 0.114.